The Bertz CT molecular complexity index is 505. The summed E-state index contributed by atoms with van der Waals surface area (Å²) in [5.41, 5.74) is 1.91. The third kappa shape index (κ3) is 3.93. The van der Waals surface area contributed by atoms with Crippen molar-refractivity contribution in [2.75, 3.05) is 0 Å². The highest BCUT2D eigenvalue weighted by atomic mass is 32.1. The first-order chi connectivity index (χ1) is 9.16. The van der Waals surface area contributed by atoms with Gasteiger partial charge in [0.25, 0.3) is 5.91 Å². The van der Waals surface area contributed by atoms with Gasteiger partial charge in [-0.25, -0.2) is 0 Å². The van der Waals surface area contributed by atoms with Crippen LogP contribution in [0.25, 0.3) is 0 Å². The van der Waals surface area contributed by atoms with Gasteiger partial charge in [0, 0.05) is 5.38 Å². The third-order valence-corrected chi connectivity index (χ3v) is 3.68. The molecule has 0 aliphatic carbocycles. The lowest BCUT2D eigenvalue weighted by molar-refractivity contribution is 0.0932. The largest absolute Gasteiger partial charge is 0.345 e. The van der Waals surface area contributed by atoms with Gasteiger partial charge < -0.3 is 5.32 Å². The van der Waals surface area contributed by atoms with E-state index >= 15 is 0 Å². The molecule has 19 heavy (non-hydrogen) atoms. The van der Waals surface area contributed by atoms with E-state index in [4.69, 9.17) is 0 Å². The Morgan fingerprint density at radius 3 is 2.53 bits per heavy atom. The van der Waals surface area contributed by atoms with Gasteiger partial charge in [0.1, 0.15) is 0 Å². The zero-order valence-electron chi connectivity index (χ0n) is 11.3. The van der Waals surface area contributed by atoms with Gasteiger partial charge in [-0.15, -0.1) is 0 Å². The predicted molar refractivity (Wildman–Crippen MR) is 80.4 cm³/mol. The van der Waals surface area contributed by atoms with Crippen molar-refractivity contribution >= 4 is 17.2 Å². The zero-order chi connectivity index (χ0) is 13.7. The molecule has 2 nitrogen and oxygen atoms in total. The Hall–Kier alpha value is -1.61. The van der Waals surface area contributed by atoms with Crippen LogP contribution in [0.15, 0.2) is 47.2 Å². The molecular weight excluding hydrogens is 254 g/mol. The Morgan fingerprint density at radius 2 is 1.95 bits per heavy atom. The minimum Gasteiger partial charge on any atom is -0.345 e. The summed E-state index contributed by atoms with van der Waals surface area (Å²) in [7, 11) is 0. The van der Waals surface area contributed by atoms with E-state index in [-0.39, 0.29) is 11.9 Å². The van der Waals surface area contributed by atoms with Gasteiger partial charge in [-0.05, 0) is 29.3 Å². The summed E-state index contributed by atoms with van der Waals surface area (Å²) in [4.78, 5) is 12.2. The molecule has 0 aliphatic rings. The summed E-state index contributed by atoms with van der Waals surface area (Å²) in [5.74, 6) is 0.545. The fourth-order valence-electron chi connectivity index (χ4n) is 2.07. The second-order valence-corrected chi connectivity index (χ2v) is 5.86. The lowest BCUT2D eigenvalue weighted by Crippen LogP contribution is -2.29. The van der Waals surface area contributed by atoms with Gasteiger partial charge >= 0.3 is 0 Å². The van der Waals surface area contributed by atoms with Crippen LogP contribution in [0.3, 0.4) is 0 Å². The van der Waals surface area contributed by atoms with E-state index in [2.05, 4.69) is 31.3 Å². The fourth-order valence-corrected chi connectivity index (χ4v) is 2.71. The molecule has 0 saturated carbocycles. The van der Waals surface area contributed by atoms with Crippen LogP contribution in [0.2, 0.25) is 0 Å². The number of thiophene rings is 1. The highest BCUT2D eigenvalue weighted by Crippen LogP contribution is 2.21. The second kappa shape index (κ2) is 6.53. The molecule has 1 N–H and O–H groups in total. The first-order valence-electron chi connectivity index (χ1n) is 6.55. The van der Waals surface area contributed by atoms with Gasteiger partial charge in [0.2, 0.25) is 0 Å². The molecule has 1 amide bonds. The minimum absolute atomic E-state index is 0.00996. The van der Waals surface area contributed by atoms with Crippen molar-refractivity contribution in [2.24, 2.45) is 5.92 Å². The van der Waals surface area contributed by atoms with Crippen molar-refractivity contribution in [3.05, 3.63) is 58.3 Å². The molecule has 1 aromatic carbocycles. The van der Waals surface area contributed by atoms with Gasteiger partial charge in [0.05, 0.1) is 11.6 Å². The van der Waals surface area contributed by atoms with E-state index in [0.717, 1.165) is 12.0 Å². The Labute approximate surface area is 118 Å². The van der Waals surface area contributed by atoms with Crippen molar-refractivity contribution in [2.45, 2.75) is 26.3 Å². The summed E-state index contributed by atoms with van der Waals surface area (Å²) in [5, 5.41) is 6.94. The number of hydrogen-bond donors (Lipinski definition) is 1. The molecule has 1 aromatic heterocycles. The Morgan fingerprint density at radius 1 is 1.21 bits per heavy atom. The van der Waals surface area contributed by atoms with Gasteiger partial charge in [-0.1, -0.05) is 44.2 Å². The zero-order valence-corrected chi connectivity index (χ0v) is 12.1. The molecular formula is C16H19NOS. The number of carbonyl (C=O) groups excluding carboxylic acids is 1. The first kappa shape index (κ1) is 13.8. The van der Waals surface area contributed by atoms with Crippen LogP contribution in [-0.4, -0.2) is 5.91 Å². The molecule has 2 aromatic rings. The molecule has 2 rings (SSSR count). The van der Waals surface area contributed by atoms with E-state index in [1.807, 2.05) is 35.0 Å². The van der Waals surface area contributed by atoms with E-state index in [0.29, 0.717) is 5.92 Å². The van der Waals surface area contributed by atoms with Crippen LogP contribution in [-0.2, 0) is 0 Å². The topological polar surface area (TPSA) is 29.1 Å². The van der Waals surface area contributed by atoms with Crippen molar-refractivity contribution in [1.29, 1.82) is 0 Å². The molecule has 1 atom stereocenters. The average Bonchev–Trinajstić information content (AvgIpc) is 2.92. The summed E-state index contributed by atoms with van der Waals surface area (Å²) in [6, 6.07) is 12.1. The lowest BCUT2D eigenvalue weighted by atomic mass is 9.97. The van der Waals surface area contributed by atoms with Crippen LogP contribution in [0.4, 0.5) is 0 Å². The van der Waals surface area contributed by atoms with E-state index in [1.54, 1.807) is 11.3 Å². The summed E-state index contributed by atoms with van der Waals surface area (Å²) >= 11 is 1.54. The summed E-state index contributed by atoms with van der Waals surface area (Å²) < 4.78 is 0. The van der Waals surface area contributed by atoms with E-state index < -0.39 is 0 Å². The second-order valence-electron chi connectivity index (χ2n) is 5.08. The van der Waals surface area contributed by atoms with Gasteiger partial charge in [-0.3, -0.25) is 4.79 Å². The Balaban J connectivity index is 2.13. The molecule has 100 valence electrons. The van der Waals surface area contributed by atoms with E-state index in [1.165, 1.54) is 5.56 Å². The SMILES string of the molecule is CC(C)CC(NC(=O)c1ccsc1)c1ccccc1. The molecule has 0 radical (unpaired) electrons. The molecule has 0 saturated heterocycles. The van der Waals surface area contributed by atoms with Crippen molar-refractivity contribution in [3.8, 4) is 0 Å². The van der Waals surface area contributed by atoms with Gasteiger partial charge in [-0.2, -0.15) is 11.3 Å². The number of amides is 1. The fraction of sp³-hybridized carbons (Fsp3) is 0.312. The quantitative estimate of drug-likeness (QED) is 0.866. The maximum atomic E-state index is 12.2. The molecule has 0 bridgehead atoms. The smallest absolute Gasteiger partial charge is 0.252 e. The van der Waals surface area contributed by atoms with Crippen LogP contribution < -0.4 is 5.32 Å². The number of nitrogens with one attached hydrogen (secondary N) is 1. The van der Waals surface area contributed by atoms with Crippen LogP contribution in [0.1, 0.15) is 42.2 Å². The number of carbonyl (C=O) groups is 1. The lowest BCUT2D eigenvalue weighted by Gasteiger charge is -2.21. The predicted octanol–water partition coefficient (Wildman–Crippen LogP) is 4.27. The Kier molecular flexibility index (Phi) is 4.74. The highest BCUT2D eigenvalue weighted by Gasteiger charge is 2.17. The minimum atomic E-state index is 0.00996. The van der Waals surface area contributed by atoms with Crippen LogP contribution in [0, 0.1) is 5.92 Å². The maximum Gasteiger partial charge on any atom is 0.252 e. The first-order valence-corrected chi connectivity index (χ1v) is 7.49. The molecule has 3 heteroatoms. The summed E-state index contributed by atoms with van der Waals surface area (Å²) in [6.07, 6.45) is 0.944. The molecule has 0 aliphatic heterocycles. The molecule has 1 unspecified atom stereocenters. The van der Waals surface area contributed by atoms with Crippen molar-refractivity contribution < 1.29 is 4.79 Å². The number of rotatable bonds is 5. The third-order valence-electron chi connectivity index (χ3n) is 3.00. The maximum absolute atomic E-state index is 12.2. The number of hydrogen-bond acceptors (Lipinski definition) is 2. The van der Waals surface area contributed by atoms with Gasteiger partial charge in [0.15, 0.2) is 0 Å². The van der Waals surface area contributed by atoms with Crippen molar-refractivity contribution in [1.82, 2.24) is 5.32 Å². The highest BCUT2D eigenvalue weighted by molar-refractivity contribution is 7.08. The molecule has 1 heterocycles. The average molecular weight is 273 g/mol. The summed E-state index contributed by atoms with van der Waals surface area (Å²) in [6.45, 7) is 4.35. The van der Waals surface area contributed by atoms with Crippen LogP contribution >= 0.6 is 11.3 Å². The molecule has 0 fully saturated rings. The standard InChI is InChI=1S/C16H19NOS/c1-12(2)10-15(13-6-4-3-5-7-13)17-16(18)14-8-9-19-11-14/h3-9,11-12,15H,10H2,1-2H3,(H,17,18). The normalized spacial score (nSPS) is 12.4. The monoisotopic (exact) mass is 273 g/mol. The van der Waals surface area contributed by atoms with Crippen molar-refractivity contribution in [3.63, 3.8) is 0 Å². The molecule has 0 spiro atoms. The van der Waals surface area contributed by atoms with Crippen LogP contribution in [0.5, 0.6) is 0 Å². The van der Waals surface area contributed by atoms with E-state index in [9.17, 15) is 4.79 Å². The number of benzene rings is 1.